The molecule has 1 heterocycles. The number of nitrogens with one attached hydrogen (secondary N) is 1. The predicted molar refractivity (Wildman–Crippen MR) is 70.8 cm³/mol. The van der Waals surface area contributed by atoms with E-state index >= 15 is 0 Å². The number of hydrogen-bond acceptors (Lipinski definition) is 2. The van der Waals surface area contributed by atoms with Crippen LogP contribution >= 0.6 is 0 Å². The summed E-state index contributed by atoms with van der Waals surface area (Å²) in [7, 11) is 0. The van der Waals surface area contributed by atoms with Crippen LogP contribution in [0.1, 0.15) is 36.9 Å². The van der Waals surface area contributed by atoms with Crippen molar-refractivity contribution in [1.29, 1.82) is 0 Å². The molecule has 1 aliphatic rings. The van der Waals surface area contributed by atoms with E-state index in [0.29, 0.717) is 0 Å². The first-order valence-corrected chi connectivity index (χ1v) is 6.53. The van der Waals surface area contributed by atoms with Gasteiger partial charge in [0, 0.05) is 28.7 Å². The van der Waals surface area contributed by atoms with Crippen LogP contribution in [-0.4, -0.2) is 9.91 Å². The van der Waals surface area contributed by atoms with Crippen molar-refractivity contribution in [2.45, 2.75) is 38.5 Å². The van der Waals surface area contributed by atoms with E-state index in [0.717, 1.165) is 23.7 Å². The predicted octanol–water partition coefficient (Wildman–Crippen LogP) is 3.74. The molecule has 1 aromatic carbocycles. The first kappa shape index (κ1) is 11.3. The molecule has 0 bridgehead atoms. The van der Waals surface area contributed by atoms with Gasteiger partial charge in [0.05, 0.1) is 4.92 Å². The summed E-state index contributed by atoms with van der Waals surface area (Å²) in [5.41, 5.74) is 3.80. The molecule has 0 saturated carbocycles. The summed E-state index contributed by atoms with van der Waals surface area (Å²) in [5.74, 6) is 0. The number of nitro benzene ring substituents is 1. The van der Waals surface area contributed by atoms with Gasteiger partial charge in [-0.2, -0.15) is 0 Å². The Hall–Kier alpha value is -1.84. The molecule has 0 unspecified atom stereocenters. The molecule has 94 valence electrons. The number of benzene rings is 1. The van der Waals surface area contributed by atoms with E-state index in [1.807, 2.05) is 6.07 Å². The SMILES string of the molecule is O=[N+]([O-])c1ccc2[nH]c3c(c2c1)CCCCCC3. The first-order valence-electron chi connectivity index (χ1n) is 6.53. The van der Waals surface area contributed by atoms with Crippen molar-refractivity contribution in [3.8, 4) is 0 Å². The third-order valence-corrected chi connectivity index (χ3v) is 3.79. The largest absolute Gasteiger partial charge is 0.358 e. The Bertz CT molecular complexity index is 601. The van der Waals surface area contributed by atoms with Crippen LogP contribution in [0.4, 0.5) is 5.69 Å². The molecule has 0 spiro atoms. The molecule has 0 saturated heterocycles. The van der Waals surface area contributed by atoms with Crippen molar-refractivity contribution in [3.05, 3.63) is 39.6 Å². The van der Waals surface area contributed by atoms with Crippen LogP contribution in [0.15, 0.2) is 18.2 Å². The quantitative estimate of drug-likeness (QED) is 0.613. The summed E-state index contributed by atoms with van der Waals surface area (Å²) in [5, 5.41) is 11.9. The molecular weight excluding hydrogens is 228 g/mol. The van der Waals surface area contributed by atoms with E-state index in [2.05, 4.69) is 4.98 Å². The number of H-pyrrole nitrogens is 1. The van der Waals surface area contributed by atoms with Crippen LogP contribution in [0.5, 0.6) is 0 Å². The molecule has 1 aromatic heterocycles. The zero-order chi connectivity index (χ0) is 12.5. The van der Waals surface area contributed by atoms with Crippen molar-refractivity contribution in [3.63, 3.8) is 0 Å². The van der Waals surface area contributed by atoms with E-state index in [1.165, 1.54) is 36.9 Å². The van der Waals surface area contributed by atoms with Crippen molar-refractivity contribution in [2.75, 3.05) is 0 Å². The average Bonchev–Trinajstić information content (AvgIpc) is 2.65. The molecule has 4 nitrogen and oxygen atoms in total. The van der Waals surface area contributed by atoms with Gasteiger partial charge in [-0.15, -0.1) is 0 Å². The minimum Gasteiger partial charge on any atom is -0.358 e. The lowest BCUT2D eigenvalue weighted by Crippen LogP contribution is -1.97. The molecule has 0 radical (unpaired) electrons. The number of rotatable bonds is 1. The average molecular weight is 244 g/mol. The van der Waals surface area contributed by atoms with E-state index in [1.54, 1.807) is 12.1 Å². The van der Waals surface area contributed by atoms with Crippen molar-refractivity contribution < 1.29 is 4.92 Å². The van der Waals surface area contributed by atoms with Gasteiger partial charge in [-0.25, -0.2) is 0 Å². The lowest BCUT2D eigenvalue weighted by molar-refractivity contribution is -0.384. The van der Waals surface area contributed by atoms with Gasteiger partial charge in [-0.1, -0.05) is 12.8 Å². The topological polar surface area (TPSA) is 58.9 Å². The third kappa shape index (κ3) is 1.88. The molecule has 4 heteroatoms. The van der Waals surface area contributed by atoms with Crippen LogP contribution in [0, 0.1) is 10.1 Å². The van der Waals surface area contributed by atoms with Gasteiger partial charge in [0.25, 0.3) is 5.69 Å². The van der Waals surface area contributed by atoms with Gasteiger partial charge in [-0.3, -0.25) is 10.1 Å². The van der Waals surface area contributed by atoms with Crippen LogP contribution < -0.4 is 0 Å². The fourth-order valence-corrected chi connectivity index (χ4v) is 2.86. The van der Waals surface area contributed by atoms with Crippen molar-refractivity contribution >= 4 is 16.6 Å². The Morgan fingerprint density at radius 3 is 2.67 bits per heavy atom. The van der Waals surface area contributed by atoms with Crippen LogP contribution in [0.2, 0.25) is 0 Å². The summed E-state index contributed by atoms with van der Waals surface area (Å²) >= 11 is 0. The lowest BCUT2D eigenvalue weighted by Gasteiger charge is -2.09. The third-order valence-electron chi connectivity index (χ3n) is 3.79. The molecule has 18 heavy (non-hydrogen) atoms. The monoisotopic (exact) mass is 244 g/mol. The second-order valence-electron chi connectivity index (χ2n) is 4.98. The number of aromatic nitrogens is 1. The maximum absolute atomic E-state index is 10.9. The molecule has 0 fully saturated rings. The number of non-ortho nitro benzene ring substituents is 1. The number of aromatic amines is 1. The van der Waals surface area contributed by atoms with Crippen molar-refractivity contribution in [2.24, 2.45) is 0 Å². The molecule has 3 rings (SSSR count). The zero-order valence-corrected chi connectivity index (χ0v) is 10.2. The van der Waals surface area contributed by atoms with Crippen LogP contribution in [-0.2, 0) is 12.8 Å². The van der Waals surface area contributed by atoms with Gasteiger partial charge in [0.15, 0.2) is 0 Å². The molecule has 0 aliphatic heterocycles. The van der Waals surface area contributed by atoms with E-state index in [9.17, 15) is 10.1 Å². The highest BCUT2D eigenvalue weighted by atomic mass is 16.6. The zero-order valence-electron chi connectivity index (χ0n) is 10.2. The summed E-state index contributed by atoms with van der Waals surface area (Å²) in [6.07, 6.45) is 7.05. The van der Waals surface area contributed by atoms with Crippen LogP contribution in [0.3, 0.4) is 0 Å². The first-order chi connectivity index (χ1) is 8.75. The fourth-order valence-electron chi connectivity index (χ4n) is 2.86. The molecule has 0 atom stereocenters. The van der Waals surface area contributed by atoms with E-state index in [4.69, 9.17) is 0 Å². The molecular formula is C14H16N2O2. The normalized spacial score (nSPS) is 16.0. The van der Waals surface area contributed by atoms with E-state index < -0.39 is 0 Å². The van der Waals surface area contributed by atoms with Gasteiger partial charge >= 0.3 is 0 Å². The van der Waals surface area contributed by atoms with Gasteiger partial charge in [0.2, 0.25) is 0 Å². The fraction of sp³-hybridized carbons (Fsp3) is 0.429. The highest BCUT2D eigenvalue weighted by Crippen LogP contribution is 2.30. The number of nitrogens with zero attached hydrogens (tertiary/aromatic N) is 1. The minimum absolute atomic E-state index is 0.186. The second kappa shape index (κ2) is 4.44. The highest BCUT2D eigenvalue weighted by Gasteiger charge is 2.16. The van der Waals surface area contributed by atoms with E-state index in [-0.39, 0.29) is 10.6 Å². The standard InChI is InChI=1S/C14H16N2O2/c17-16(18)10-7-8-14-12(9-10)11-5-3-1-2-4-6-13(11)15-14/h7-9,15H,1-6H2. The molecule has 2 aromatic rings. The van der Waals surface area contributed by atoms with Gasteiger partial charge in [0.1, 0.15) is 0 Å². The maximum atomic E-state index is 10.9. The number of fused-ring (bicyclic) bond motifs is 3. The smallest absolute Gasteiger partial charge is 0.270 e. The summed E-state index contributed by atoms with van der Waals surface area (Å²) in [4.78, 5) is 14.0. The molecule has 1 aliphatic carbocycles. The Balaban J connectivity index is 2.15. The summed E-state index contributed by atoms with van der Waals surface area (Å²) < 4.78 is 0. The maximum Gasteiger partial charge on any atom is 0.270 e. The van der Waals surface area contributed by atoms with Crippen molar-refractivity contribution in [1.82, 2.24) is 4.98 Å². The number of nitro groups is 1. The Morgan fingerprint density at radius 2 is 1.89 bits per heavy atom. The minimum atomic E-state index is -0.318. The van der Waals surface area contributed by atoms with Gasteiger partial charge < -0.3 is 4.98 Å². The number of hydrogen-bond donors (Lipinski definition) is 1. The summed E-state index contributed by atoms with van der Waals surface area (Å²) in [6.45, 7) is 0. The second-order valence-corrected chi connectivity index (χ2v) is 4.98. The Morgan fingerprint density at radius 1 is 1.11 bits per heavy atom. The molecule has 1 N–H and O–H groups in total. The number of aryl methyl sites for hydroxylation is 2. The Kier molecular flexibility index (Phi) is 2.78. The van der Waals surface area contributed by atoms with Crippen LogP contribution in [0.25, 0.3) is 10.9 Å². The summed E-state index contributed by atoms with van der Waals surface area (Å²) in [6, 6.07) is 5.12. The highest BCUT2D eigenvalue weighted by molar-refractivity contribution is 5.86. The Labute approximate surface area is 105 Å². The molecule has 0 amide bonds. The lowest BCUT2D eigenvalue weighted by atomic mass is 9.96. The van der Waals surface area contributed by atoms with Gasteiger partial charge in [-0.05, 0) is 37.3 Å².